The molecule has 1 aliphatic carbocycles. The van der Waals surface area contributed by atoms with E-state index < -0.39 is 0 Å². The molecule has 0 bridgehead atoms. The highest BCUT2D eigenvalue weighted by molar-refractivity contribution is 5.93. The Labute approximate surface area is 169 Å². The smallest absolute Gasteiger partial charge is 0.244 e. The van der Waals surface area contributed by atoms with Gasteiger partial charge in [0, 0.05) is 18.9 Å². The van der Waals surface area contributed by atoms with Gasteiger partial charge in [-0.25, -0.2) is 4.98 Å². The molecule has 0 radical (unpaired) electrons. The van der Waals surface area contributed by atoms with E-state index in [0.29, 0.717) is 24.4 Å². The maximum atomic E-state index is 12.7. The second-order valence-electron chi connectivity index (χ2n) is 7.17. The maximum absolute atomic E-state index is 12.7. The Balaban J connectivity index is 1.50. The molecule has 1 saturated carbocycles. The number of hydrogen-bond acceptors (Lipinski definition) is 4. The number of anilines is 1. The maximum Gasteiger partial charge on any atom is 0.244 e. The highest BCUT2D eigenvalue weighted by Gasteiger charge is 2.29. The lowest BCUT2D eigenvalue weighted by Gasteiger charge is -2.12. The summed E-state index contributed by atoms with van der Waals surface area (Å²) >= 11 is 0. The van der Waals surface area contributed by atoms with Crippen molar-refractivity contribution in [3.05, 3.63) is 54.4 Å². The van der Waals surface area contributed by atoms with E-state index in [1.54, 1.807) is 19.2 Å². The molecule has 0 saturated heterocycles. The van der Waals surface area contributed by atoms with Gasteiger partial charge in [-0.2, -0.15) is 0 Å². The van der Waals surface area contributed by atoms with Crippen LogP contribution in [-0.4, -0.2) is 35.0 Å². The van der Waals surface area contributed by atoms with Gasteiger partial charge in [-0.05, 0) is 37.1 Å². The van der Waals surface area contributed by atoms with E-state index in [9.17, 15) is 9.59 Å². The van der Waals surface area contributed by atoms with Crippen molar-refractivity contribution < 1.29 is 14.3 Å². The number of carbonyl (C=O) groups is 2. The number of nitrogens with zero attached hydrogens (tertiary/aromatic N) is 2. The van der Waals surface area contributed by atoms with Crippen LogP contribution in [0, 0.1) is 5.92 Å². The lowest BCUT2D eigenvalue weighted by Crippen LogP contribution is -2.28. The molecule has 2 aromatic carbocycles. The minimum atomic E-state index is -0.166. The van der Waals surface area contributed by atoms with Crippen LogP contribution in [0.1, 0.15) is 18.7 Å². The van der Waals surface area contributed by atoms with Gasteiger partial charge in [-0.1, -0.05) is 24.3 Å². The zero-order valence-corrected chi connectivity index (χ0v) is 16.4. The Hall–Kier alpha value is -3.35. The van der Waals surface area contributed by atoms with Gasteiger partial charge in [-0.15, -0.1) is 0 Å². The highest BCUT2D eigenvalue weighted by Crippen LogP contribution is 2.28. The van der Waals surface area contributed by atoms with E-state index in [-0.39, 0.29) is 24.3 Å². The molecule has 0 spiro atoms. The summed E-state index contributed by atoms with van der Waals surface area (Å²) in [5, 5.41) is 5.87. The molecule has 1 heterocycles. The fraction of sp³-hybridized carbons (Fsp3) is 0.318. The van der Waals surface area contributed by atoms with Crippen molar-refractivity contribution in [3.8, 4) is 5.75 Å². The first-order valence-electron chi connectivity index (χ1n) is 9.80. The minimum absolute atomic E-state index is 0.113. The van der Waals surface area contributed by atoms with Gasteiger partial charge in [-0.3, -0.25) is 9.59 Å². The Bertz CT molecular complexity index is 1040. The number of nitrogens with one attached hydrogen (secondary N) is 2. The molecule has 4 rings (SSSR count). The Kier molecular flexibility index (Phi) is 5.46. The quantitative estimate of drug-likeness (QED) is 0.617. The van der Waals surface area contributed by atoms with E-state index in [0.717, 1.165) is 29.7 Å². The fourth-order valence-electron chi connectivity index (χ4n) is 3.36. The zero-order valence-electron chi connectivity index (χ0n) is 16.4. The summed E-state index contributed by atoms with van der Waals surface area (Å²) < 4.78 is 7.21. The number of fused-ring (bicyclic) bond motifs is 1. The summed E-state index contributed by atoms with van der Waals surface area (Å²) in [5.41, 5.74) is 2.36. The summed E-state index contributed by atoms with van der Waals surface area (Å²) in [7, 11) is 1.57. The third-order valence-electron chi connectivity index (χ3n) is 5.01. The molecule has 29 heavy (non-hydrogen) atoms. The average Bonchev–Trinajstić information content (AvgIpc) is 3.53. The van der Waals surface area contributed by atoms with Crippen LogP contribution in [0.5, 0.6) is 5.75 Å². The average molecular weight is 392 g/mol. The number of ether oxygens (including phenoxy) is 1. The first kappa shape index (κ1) is 19.0. The number of imidazole rings is 1. The van der Waals surface area contributed by atoms with Crippen molar-refractivity contribution in [2.24, 2.45) is 5.92 Å². The molecule has 1 aliphatic rings. The third-order valence-corrected chi connectivity index (χ3v) is 5.01. The van der Waals surface area contributed by atoms with Crippen LogP contribution in [0.3, 0.4) is 0 Å². The lowest BCUT2D eigenvalue weighted by atomic mass is 10.3. The number of aromatic nitrogens is 2. The van der Waals surface area contributed by atoms with Crippen molar-refractivity contribution in [2.45, 2.75) is 25.8 Å². The van der Waals surface area contributed by atoms with Gasteiger partial charge in [0.05, 0.1) is 23.8 Å². The van der Waals surface area contributed by atoms with Crippen molar-refractivity contribution in [1.29, 1.82) is 0 Å². The van der Waals surface area contributed by atoms with Crippen molar-refractivity contribution in [1.82, 2.24) is 14.9 Å². The number of rotatable bonds is 8. The van der Waals surface area contributed by atoms with E-state index in [1.165, 1.54) is 0 Å². The second kappa shape index (κ2) is 8.34. The standard InChI is InChI=1S/C22H24N4O3/c1-29-19-9-5-3-7-17(19)25-21(27)14-26-18-8-4-2-6-16(18)24-20(26)12-13-23-22(28)15-10-11-15/h2-9,15H,10-14H2,1H3,(H,23,28)(H,25,27). The van der Waals surface area contributed by atoms with Crippen LogP contribution in [-0.2, 0) is 22.6 Å². The first-order chi connectivity index (χ1) is 14.2. The molecule has 0 atom stereocenters. The third kappa shape index (κ3) is 4.39. The predicted octanol–water partition coefficient (Wildman–Crippen LogP) is 2.75. The summed E-state index contributed by atoms with van der Waals surface area (Å²) in [5.74, 6) is 1.51. The van der Waals surface area contributed by atoms with Gasteiger partial charge < -0.3 is 19.9 Å². The topological polar surface area (TPSA) is 85.2 Å². The molecule has 0 aliphatic heterocycles. The second-order valence-corrected chi connectivity index (χ2v) is 7.17. The largest absolute Gasteiger partial charge is 0.495 e. The predicted molar refractivity (Wildman–Crippen MR) is 111 cm³/mol. The number of carbonyl (C=O) groups excluding carboxylic acids is 2. The number of hydrogen-bond donors (Lipinski definition) is 2. The number of methoxy groups -OCH3 is 1. The molecular formula is C22H24N4O3. The van der Waals surface area contributed by atoms with E-state index in [1.807, 2.05) is 41.0 Å². The van der Waals surface area contributed by atoms with E-state index >= 15 is 0 Å². The molecule has 0 unspecified atom stereocenters. The first-order valence-corrected chi connectivity index (χ1v) is 9.80. The van der Waals surface area contributed by atoms with Gasteiger partial charge >= 0.3 is 0 Å². The number of amides is 2. The molecule has 1 aromatic heterocycles. The molecule has 2 N–H and O–H groups in total. The molecule has 1 fully saturated rings. The summed E-state index contributed by atoms with van der Waals surface area (Å²) in [4.78, 5) is 29.3. The van der Waals surface area contributed by atoms with Crippen LogP contribution < -0.4 is 15.4 Å². The molecule has 3 aromatic rings. The Morgan fingerprint density at radius 3 is 2.69 bits per heavy atom. The van der Waals surface area contributed by atoms with Crippen LogP contribution in [0.25, 0.3) is 11.0 Å². The number of benzene rings is 2. The Morgan fingerprint density at radius 2 is 1.90 bits per heavy atom. The van der Waals surface area contributed by atoms with Crippen molar-refractivity contribution in [3.63, 3.8) is 0 Å². The molecule has 2 amide bonds. The highest BCUT2D eigenvalue weighted by atomic mass is 16.5. The van der Waals surface area contributed by atoms with E-state index in [4.69, 9.17) is 4.74 Å². The van der Waals surface area contributed by atoms with Gasteiger partial charge in [0.2, 0.25) is 11.8 Å². The van der Waals surface area contributed by atoms with Gasteiger partial charge in [0.1, 0.15) is 18.1 Å². The van der Waals surface area contributed by atoms with Crippen molar-refractivity contribution in [2.75, 3.05) is 19.0 Å². The lowest BCUT2D eigenvalue weighted by molar-refractivity contribution is -0.122. The van der Waals surface area contributed by atoms with Crippen LogP contribution >= 0.6 is 0 Å². The molecule has 150 valence electrons. The summed E-state index contributed by atoms with van der Waals surface area (Å²) in [6.45, 7) is 0.636. The Morgan fingerprint density at radius 1 is 1.14 bits per heavy atom. The van der Waals surface area contributed by atoms with Gasteiger partial charge in [0.15, 0.2) is 0 Å². The van der Waals surface area contributed by atoms with Crippen LogP contribution in [0.4, 0.5) is 5.69 Å². The normalized spacial score (nSPS) is 13.3. The summed E-state index contributed by atoms with van der Waals surface area (Å²) in [6, 6.07) is 15.0. The van der Waals surface area contributed by atoms with Gasteiger partial charge in [0.25, 0.3) is 0 Å². The zero-order chi connectivity index (χ0) is 20.2. The number of para-hydroxylation sites is 4. The monoisotopic (exact) mass is 392 g/mol. The molecular weight excluding hydrogens is 368 g/mol. The molecule has 7 nitrogen and oxygen atoms in total. The fourth-order valence-corrected chi connectivity index (χ4v) is 3.36. The van der Waals surface area contributed by atoms with E-state index in [2.05, 4.69) is 15.6 Å². The van der Waals surface area contributed by atoms with Crippen LogP contribution in [0.15, 0.2) is 48.5 Å². The summed E-state index contributed by atoms with van der Waals surface area (Å²) in [6.07, 6.45) is 2.52. The SMILES string of the molecule is COc1ccccc1NC(=O)Cn1c(CCNC(=O)C2CC2)nc2ccccc21. The van der Waals surface area contributed by atoms with Crippen LogP contribution in [0.2, 0.25) is 0 Å². The minimum Gasteiger partial charge on any atom is -0.495 e. The van der Waals surface area contributed by atoms with Crippen molar-refractivity contribution >= 4 is 28.5 Å². The molecule has 7 heteroatoms.